The molecular weight excluding hydrogens is 321 g/mol. The van der Waals surface area contributed by atoms with E-state index in [-0.39, 0.29) is 0 Å². The predicted molar refractivity (Wildman–Crippen MR) is 40.7 cm³/mol. The third-order valence-electron chi connectivity index (χ3n) is 1.51. The first-order valence-corrected chi connectivity index (χ1v) is 4.56. The Hall–Kier alpha value is -0.0797. The average molecular weight is 332 g/mol. The summed E-state index contributed by atoms with van der Waals surface area (Å²) in [6.07, 6.45) is 2.21. The van der Waals surface area contributed by atoms with Crippen molar-refractivity contribution >= 4 is 0 Å². The normalized spacial score (nSPS) is 10.0. The van der Waals surface area contributed by atoms with E-state index in [0.717, 1.165) is 19.4 Å². The monoisotopic (exact) mass is 332 g/mol. The molecule has 2 heteroatoms. The SMILES string of the molecule is [Au][O]CCCc1ccccc1. The van der Waals surface area contributed by atoms with Crippen LogP contribution < -0.4 is 0 Å². The molecule has 64 valence electrons. The third-order valence-corrected chi connectivity index (χ3v) is 1.96. The molecule has 0 aromatic heterocycles. The van der Waals surface area contributed by atoms with Gasteiger partial charge in [-0.15, -0.1) is 0 Å². The van der Waals surface area contributed by atoms with Gasteiger partial charge < -0.3 is 0 Å². The second kappa shape index (κ2) is 5.56. The molecule has 0 amide bonds. The minimum absolute atomic E-state index is 0.831. The molecule has 1 nitrogen and oxygen atoms in total. The maximum absolute atomic E-state index is 4.91. The molecule has 0 fully saturated rings. The summed E-state index contributed by atoms with van der Waals surface area (Å²) in [6, 6.07) is 10.5. The van der Waals surface area contributed by atoms with Crippen molar-refractivity contribution in [2.45, 2.75) is 12.8 Å². The van der Waals surface area contributed by atoms with E-state index in [0.29, 0.717) is 0 Å². The molecule has 0 radical (unpaired) electrons. The van der Waals surface area contributed by atoms with Crippen LogP contribution in [0.15, 0.2) is 30.3 Å². The Balaban J connectivity index is 2.28. The number of hydrogen-bond donors (Lipinski definition) is 0. The first-order valence-electron chi connectivity index (χ1n) is 3.68. The summed E-state index contributed by atoms with van der Waals surface area (Å²) in [7, 11) is 0. The predicted octanol–water partition coefficient (Wildman–Crippen LogP) is 2.10. The summed E-state index contributed by atoms with van der Waals surface area (Å²) in [5.74, 6) is 0. The van der Waals surface area contributed by atoms with Gasteiger partial charge in [0.05, 0.1) is 0 Å². The third kappa shape index (κ3) is 3.73. The van der Waals surface area contributed by atoms with Crippen LogP contribution in [0.4, 0.5) is 0 Å². The fraction of sp³-hybridized carbons (Fsp3) is 0.333. The number of aryl methyl sites for hydroxylation is 1. The molecule has 0 aliphatic rings. The molecule has 0 bridgehead atoms. The van der Waals surface area contributed by atoms with Gasteiger partial charge in [0.25, 0.3) is 0 Å². The zero-order chi connectivity index (χ0) is 7.94. The first kappa shape index (κ1) is 9.01. The van der Waals surface area contributed by atoms with Crippen molar-refractivity contribution in [3.05, 3.63) is 35.9 Å². The Morgan fingerprint density at radius 2 is 1.91 bits per heavy atom. The molecule has 0 heterocycles. The van der Waals surface area contributed by atoms with Gasteiger partial charge in [-0.1, -0.05) is 0 Å². The van der Waals surface area contributed by atoms with Gasteiger partial charge >= 0.3 is 80.1 Å². The molecule has 0 atom stereocenters. The Morgan fingerprint density at radius 3 is 2.55 bits per heavy atom. The zero-order valence-electron chi connectivity index (χ0n) is 6.22. The van der Waals surface area contributed by atoms with Crippen molar-refractivity contribution in [3.63, 3.8) is 0 Å². The molecule has 0 spiro atoms. The van der Waals surface area contributed by atoms with Crippen molar-refractivity contribution in [3.8, 4) is 0 Å². The molecule has 1 rings (SSSR count). The van der Waals surface area contributed by atoms with Crippen LogP contribution in [0, 0.1) is 0 Å². The minimum atomic E-state index is 0.831. The van der Waals surface area contributed by atoms with Gasteiger partial charge in [0.2, 0.25) is 0 Å². The van der Waals surface area contributed by atoms with Crippen LogP contribution in [0.25, 0.3) is 0 Å². The van der Waals surface area contributed by atoms with E-state index < -0.39 is 0 Å². The van der Waals surface area contributed by atoms with Gasteiger partial charge in [0.1, 0.15) is 0 Å². The van der Waals surface area contributed by atoms with Crippen LogP contribution in [0.1, 0.15) is 12.0 Å². The fourth-order valence-electron chi connectivity index (χ4n) is 0.964. The number of hydrogen-bond acceptors (Lipinski definition) is 1. The van der Waals surface area contributed by atoms with E-state index in [2.05, 4.69) is 45.7 Å². The molecule has 0 aliphatic heterocycles. The van der Waals surface area contributed by atoms with Gasteiger partial charge in [-0.25, -0.2) is 0 Å². The summed E-state index contributed by atoms with van der Waals surface area (Å²) in [5.41, 5.74) is 1.39. The Bertz CT molecular complexity index is 186. The van der Waals surface area contributed by atoms with Crippen LogP contribution in [0.5, 0.6) is 0 Å². The fourth-order valence-corrected chi connectivity index (χ4v) is 1.28. The molecule has 1 aromatic carbocycles. The summed E-state index contributed by atoms with van der Waals surface area (Å²) in [6.45, 7) is 0.831. The molecule has 0 aliphatic carbocycles. The van der Waals surface area contributed by atoms with Gasteiger partial charge in [0.15, 0.2) is 0 Å². The van der Waals surface area contributed by atoms with Gasteiger partial charge in [-0.3, -0.25) is 0 Å². The van der Waals surface area contributed by atoms with Crippen molar-refractivity contribution < 1.29 is 24.7 Å². The Kier molecular flexibility index (Phi) is 4.55. The van der Waals surface area contributed by atoms with Gasteiger partial charge in [-0.2, -0.15) is 0 Å². The topological polar surface area (TPSA) is 9.23 Å². The second-order valence-corrected chi connectivity index (χ2v) is 3.01. The molecule has 0 saturated carbocycles. The van der Waals surface area contributed by atoms with Crippen LogP contribution in [0.2, 0.25) is 0 Å². The molecule has 0 unspecified atom stereocenters. The van der Waals surface area contributed by atoms with E-state index in [1.165, 1.54) is 5.56 Å². The number of rotatable bonds is 4. The summed E-state index contributed by atoms with van der Waals surface area (Å²) >= 11 is 2.09. The first-order chi connectivity index (χ1) is 5.43. The summed E-state index contributed by atoms with van der Waals surface area (Å²) in [4.78, 5) is 0. The number of benzene rings is 1. The summed E-state index contributed by atoms with van der Waals surface area (Å²) in [5, 5.41) is 0. The Labute approximate surface area is 80.2 Å². The summed E-state index contributed by atoms with van der Waals surface area (Å²) < 4.78 is 4.91. The second-order valence-electron chi connectivity index (χ2n) is 2.38. The molecular formula is C9H11AuO. The molecule has 11 heavy (non-hydrogen) atoms. The van der Waals surface area contributed by atoms with E-state index in [1.54, 1.807) is 0 Å². The van der Waals surface area contributed by atoms with E-state index >= 15 is 0 Å². The van der Waals surface area contributed by atoms with E-state index in [9.17, 15) is 0 Å². The van der Waals surface area contributed by atoms with Crippen molar-refractivity contribution in [2.24, 2.45) is 0 Å². The standard InChI is InChI=1S/C9H11O.Au/c10-8-4-7-9-5-2-1-3-6-9;/h1-3,5-6H,4,7-8H2;/q-1;+1. The maximum atomic E-state index is 4.91. The van der Waals surface area contributed by atoms with Gasteiger partial charge in [0, 0.05) is 0 Å². The molecule has 0 N–H and O–H groups in total. The zero-order valence-corrected chi connectivity index (χ0v) is 8.38. The quantitative estimate of drug-likeness (QED) is 0.606. The van der Waals surface area contributed by atoms with Crippen molar-refractivity contribution in [2.75, 3.05) is 6.61 Å². The van der Waals surface area contributed by atoms with Crippen LogP contribution in [0.3, 0.4) is 0 Å². The Morgan fingerprint density at radius 1 is 1.18 bits per heavy atom. The van der Waals surface area contributed by atoms with Crippen LogP contribution in [-0.4, -0.2) is 6.61 Å². The average Bonchev–Trinajstić information content (AvgIpc) is 2.07. The van der Waals surface area contributed by atoms with Crippen molar-refractivity contribution in [1.29, 1.82) is 0 Å². The van der Waals surface area contributed by atoms with Crippen LogP contribution in [-0.2, 0) is 31.1 Å². The molecule has 0 saturated heterocycles. The van der Waals surface area contributed by atoms with E-state index in [4.69, 9.17) is 3.24 Å². The van der Waals surface area contributed by atoms with Gasteiger partial charge in [-0.05, 0) is 0 Å². The van der Waals surface area contributed by atoms with E-state index in [1.807, 2.05) is 6.07 Å². The molecule has 1 aromatic rings. The van der Waals surface area contributed by atoms with Crippen LogP contribution >= 0.6 is 0 Å². The van der Waals surface area contributed by atoms with Crippen molar-refractivity contribution in [1.82, 2.24) is 0 Å².